The van der Waals surface area contributed by atoms with Crippen LogP contribution in [0.1, 0.15) is 22.8 Å². The van der Waals surface area contributed by atoms with Crippen LogP contribution in [0.25, 0.3) is 0 Å². The van der Waals surface area contributed by atoms with Crippen molar-refractivity contribution in [3.8, 4) is 0 Å². The third-order valence-electron chi connectivity index (χ3n) is 2.88. The Bertz CT molecular complexity index is 578. The van der Waals surface area contributed by atoms with Crippen molar-refractivity contribution in [2.45, 2.75) is 19.4 Å². The molecule has 0 heterocycles. The van der Waals surface area contributed by atoms with Gasteiger partial charge in [0.05, 0.1) is 6.10 Å². The number of aliphatic hydroxyl groups is 1. The Balaban J connectivity index is 2.22. The van der Waals surface area contributed by atoms with E-state index in [9.17, 15) is 13.9 Å². The molecule has 2 aromatic carbocycles. The van der Waals surface area contributed by atoms with Gasteiger partial charge in [0.15, 0.2) is 0 Å². The number of aliphatic hydroxyl groups excluding tert-OH is 1. The number of aryl methyl sites for hydroxylation is 1. The average molecular weight is 283 g/mol. The topological polar surface area (TPSA) is 20.2 Å². The molecule has 0 bridgehead atoms. The molecular formula is C15H13ClF2O. The number of halogens is 3. The van der Waals surface area contributed by atoms with Crippen LogP contribution in [0.15, 0.2) is 36.4 Å². The Labute approximate surface area is 115 Å². The zero-order chi connectivity index (χ0) is 14.0. The van der Waals surface area contributed by atoms with E-state index in [4.69, 9.17) is 11.6 Å². The van der Waals surface area contributed by atoms with Gasteiger partial charge in [-0.2, -0.15) is 0 Å². The smallest absolute Gasteiger partial charge is 0.129 e. The van der Waals surface area contributed by atoms with E-state index in [0.29, 0.717) is 10.6 Å². The summed E-state index contributed by atoms with van der Waals surface area (Å²) in [5.74, 6) is -1.29. The predicted octanol–water partition coefficient (Wildman–Crippen LogP) is 4.20. The summed E-state index contributed by atoms with van der Waals surface area (Å²) >= 11 is 5.91. The Morgan fingerprint density at radius 1 is 1.16 bits per heavy atom. The van der Waals surface area contributed by atoms with E-state index in [-0.39, 0.29) is 12.0 Å². The highest BCUT2D eigenvalue weighted by atomic mass is 35.5. The second-order valence-electron chi connectivity index (χ2n) is 4.52. The molecule has 0 saturated heterocycles. The lowest BCUT2D eigenvalue weighted by Gasteiger charge is -2.13. The highest BCUT2D eigenvalue weighted by Gasteiger charge is 2.13. The van der Waals surface area contributed by atoms with Gasteiger partial charge in [0, 0.05) is 17.5 Å². The van der Waals surface area contributed by atoms with Crippen molar-refractivity contribution >= 4 is 11.6 Å². The van der Waals surface area contributed by atoms with Gasteiger partial charge in [-0.15, -0.1) is 0 Å². The van der Waals surface area contributed by atoms with Gasteiger partial charge in [-0.05, 0) is 41.8 Å². The summed E-state index contributed by atoms with van der Waals surface area (Å²) in [5.41, 5.74) is 1.81. The fourth-order valence-corrected chi connectivity index (χ4v) is 2.27. The van der Waals surface area contributed by atoms with E-state index in [1.54, 1.807) is 18.2 Å². The summed E-state index contributed by atoms with van der Waals surface area (Å²) in [7, 11) is 0. The van der Waals surface area contributed by atoms with Gasteiger partial charge in [-0.25, -0.2) is 8.78 Å². The quantitative estimate of drug-likeness (QED) is 0.894. The van der Waals surface area contributed by atoms with Gasteiger partial charge in [-0.3, -0.25) is 0 Å². The fourth-order valence-electron chi connectivity index (χ4n) is 1.97. The summed E-state index contributed by atoms with van der Waals surface area (Å²) in [4.78, 5) is 0. The number of hydrogen-bond acceptors (Lipinski definition) is 1. The van der Waals surface area contributed by atoms with Crippen LogP contribution in [0, 0.1) is 18.6 Å². The van der Waals surface area contributed by atoms with E-state index in [0.717, 1.165) is 11.6 Å². The number of benzene rings is 2. The lowest BCUT2D eigenvalue weighted by atomic mass is 9.99. The highest BCUT2D eigenvalue weighted by molar-refractivity contribution is 6.30. The van der Waals surface area contributed by atoms with Crippen LogP contribution < -0.4 is 0 Å². The van der Waals surface area contributed by atoms with Crippen LogP contribution in [-0.4, -0.2) is 5.11 Å². The molecule has 2 aromatic rings. The second-order valence-corrected chi connectivity index (χ2v) is 4.95. The molecule has 0 spiro atoms. The maximum Gasteiger partial charge on any atom is 0.129 e. The first-order valence-electron chi connectivity index (χ1n) is 5.85. The molecule has 0 aliphatic heterocycles. The summed E-state index contributed by atoms with van der Waals surface area (Å²) in [6.07, 6.45) is -0.802. The Morgan fingerprint density at radius 2 is 1.89 bits per heavy atom. The van der Waals surface area contributed by atoms with Gasteiger partial charge in [0.2, 0.25) is 0 Å². The molecule has 0 fully saturated rings. The van der Waals surface area contributed by atoms with Crippen molar-refractivity contribution in [2.75, 3.05) is 0 Å². The summed E-state index contributed by atoms with van der Waals surface area (Å²) in [6.45, 7) is 1.86. The lowest BCUT2D eigenvalue weighted by Crippen LogP contribution is -2.04. The molecule has 0 aliphatic carbocycles. The summed E-state index contributed by atoms with van der Waals surface area (Å²) < 4.78 is 26.3. The molecule has 0 aromatic heterocycles. The minimum absolute atomic E-state index is 0.0753. The Hall–Kier alpha value is -1.45. The monoisotopic (exact) mass is 282 g/mol. The van der Waals surface area contributed by atoms with Crippen LogP contribution in [-0.2, 0) is 6.42 Å². The molecule has 19 heavy (non-hydrogen) atoms. The normalized spacial score (nSPS) is 12.5. The zero-order valence-electron chi connectivity index (χ0n) is 10.3. The Kier molecular flexibility index (Phi) is 4.17. The molecular weight excluding hydrogens is 270 g/mol. The molecule has 100 valence electrons. The molecule has 1 nitrogen and oxygen atoms in total. The number of hydrogen-bond donors (Lipinski definition) is 1. The minimum atomic E-state index is -0.877. The van der Waals surface area contributed by atoms with Crippen molar-refractivity contribution in [3.63, 3.8) is 0 Å². The van der Waals surface area contributed by atoms with Crippen molar-refractivity contribution in [3.05, 3.63) is 69.7 Å². The highest BCUT2D eigenvalue weighted by Crippen LogP contribution is 2.24. The molecule has 0 radical (unpaired) electrons. The third kappa shape index (κ3) is 3.52. The Morgan fingerprint density at radius 3 is 2.53 bits per heavy atom. The largest absolute Gasteiger partial charge is 0.388 e. The third-order valence-corrected chi connectivity index (χ3v) is 3.10. The first-order valence-corrected chi connectivity index (χ1v) is 6.22. The van der Waals surface area contributed by atoms with E-state index in [1.807, 2.05) is 6.92 Å². The summed E-state index contributed by atoms with van der Waals surface area (Å²) in [5, 5.41) is 10.6. The van der Waals surface area contributed by atoms with Gasteiger partial charge >= 0.3 is 0 Å². The fraction of sp³-hybridized carbons (Fsp3) is 0.200. The molecule has 1 unspecified atom stereocenters. The second kappa shape index (κ2) is 5.68. The first-order chi connectivity index (χ1) is 8.95. The molecule has 0 amide bonds. The summed E-state index contributed by atoms with van der Waals surface area (Å²) in [6, 6.07) is 8.53. The predicted molar refractivity (Wildman–Crippen MR) is 71.2 cm³/mol. The van der Waals surface area contributed by atoms with Crippen LogP contribution in [0.3, 0.4) is 0 Å². The maximum atomic E-state index is 13.5. The van der Waals surface area contributed by atoms with Gasteiger partial charge in [0.1, 0.15) is 11.6 Å². The molecule has 2 rings (SSSR count). The van der Waals surface area contributed by atoms with Gasteiger partial charge < -0.3 is 5.11 Å². The van der Waals surface area contributed by atoms with Crippen molar-refractivity contribution < 1.29 is 13.9 Å². The van der Waals surface area contributed by atoms with E-state index in [1.165, 1.54) is 12.1 Å². The van der Waals surface area contributed by atoms with E-state index >= 15 is 0 Å². The van der Waals surface area contributed by atoms with E-state index < -0.39 is 17.7 Å². The van der Waals surface area contributed by atoms with Gasteiger partial charge in [-0.1, -0.05) is 23.7 Å². The minimum Gasteiger partial charge on any atom is -0.388 e. The molecule has 1 atom stereocenters. The average Bonchev–Trinajstić information content (AvgIpc) is 2.31. The van der Waals surface area contributed by atoms with Crippen LogP contribution in [0.4, 0.5) is 8.78 Å². The van der Waals surface area contributed by atoms with Crippen molar-refractivity contribution in [2.24, 2.45) is 0 Å². The van der Waals surface area contributed by atoms with E-state index in [2.05, 4.69) is 0 Å². The molecule has 4 heteroatoms. The van der Waals surface area contributed by atoms with Gasteiger partial charge in [0.25, 0.3) is 0 Å². The van der Waals surface area contributed by atoms with Crippen LogP contribution >= 0.6 is 11.6 Å². The number of rotatable bonds is 3. The molecule has 0 aliphatic rings. The molecule has 0 saturated carbocycles. The lowest BCUT2D eigenvalue weighted by molar-refractivity contribution is 0.177. The van der Waals surface area contributed by atoms with Crippen LogP contribution in [0.5, 0.6) is 0 Å². The van der Waals surface area contributed by atoms with Crippen molar-refractivity contribution in [1.82, 2.24) is 0 Å². The van der Waals surface area contributed by atoms with Crippen molar-refractivity contribution in [1.29, 1.82) is 0 Å². The standard InChI is InChI=1S/C15H13ClF2O/c1-9-4-11(6-12(16)5-9)15(19)7-10-2-3-13(17)8-14(10)18/h2-6,8,15,19H,7H2,1H3. The first kappa shape index (κ1) is 14.0. The maximum absolute atomic E-state index is 13.5. The molecule has 1 N–H and O–H groups in total. The zero-order valence-corrected chi connectivity index (χ0v) is 11.1. The van der Waals surface area contributed by atoms with Crippen LogP contribution in [0.2, 0.25) is 5.02 Å². The SMILES string of the molecule is Cc1cc(Cl)cc(C(O)Cc2ccc(F)cc2F)c1.